The highest BCUT2D eigenvalue weighted by atomic mass is 16.5. The van der Waals surface area contributed by atoms with Crippen LogP contribution in [0.4, 0.5) is 0 Å². The van der Waals surface area contributed by atoms with E-state index in [1.807, 2.05) is 11.7 Å². The molecular weight excluding hydrogens is 228 g/mol. The van der Waals surface area contributed by atoms with Crippen LogP contribution in [0.15, 0.2) is 6.33 Å². The van der Waals surface area contributed by atoms with E-state index in [1.165, 1.54) is 0 Å². The maximum absolute atomic E-state index is 5.59. The van der Waals surface area contributed by atoms with Crippen LogP contribution in [-0.4, -0.2) is 41.1 Å². The fourth-order valence-corrected chi connectivity index (χ4v) is 1.78. The summed E-state index contributed by atoms with van der Waals surface area (Å²) in [7, 11) is 1.96. The molecule has 0 spiro atoms. The summed E-state index contributed by atoms with van der Waals surface area (Å²) < 4.78 is 7.58. The van der Waals surface area contributed by atoms with Gasteiger partial charge in [0.15, 0.2) is 0 Å². The molecule has 1 unspecified atom stereocenters. The molecule has 0 saturated carbocycles. The largest absolute Gasteiger partial charge is 0.380 e. The highest BCUT2D eigenvalue weighted by Crippen LogP contribution is 2.04. The molecule has 0 aliphatic rings. The van der Waals surface area contributed by atoms with Gasteiger partial charge in [-0.15, -0.1) is 0 Å². The molecule has 1 aromatic rings. The zero-order valence-electron chi connectivity index (χ0n) is 12.0. The summed E-state index contributed by atoms with van der Waals surface area (Å²) in [6.45, 7) is 8.95. The van der Waals surface area contributed by atoms with Crippen molar-refractivity contribution in [2.45, 2.75) is 46.2 Å². The molecule has 5 heteroatoms. The predicted molar refractivity (Wildman–Crippen MR) is 72.5 cm³/mol. The van der Waals surface area contributed by atoms with Crippen LogP contribution >= 0.6 is 0 Å². The van der Waals surface area contributed by atoms with Gasteiger partial charge in [-0.2, -0.15) is 5.10 Å². The summed E-state index contributed by atoms with van der Waals surface area (Å²) in [6, 6.07) is 0.298. The van der Waals surface area contributed by atoms with Crippen molar-refractivity contribution in [1.82, 2.24) is 20.1 Å². The van der Waals surface area contributed by atoms with Gasteiger partial charge in [0.2, 0.25) is 0 Å². The Labute approximate surface area is 110 Å². The van der Waals surface area contributed by atoms with Crippen molar-refractivity contribution in [3.63, 3.8) is 0 Å². The average molecular weight is 254 g/mol. The van der Waals surface area contributed by atoms with E-state index in [0.717, 1.165) is 38.4 Å². The van der Waals surface area contributed by atoms with Crippen molar-refractivity contribution in [2.24, 2.45) is 5.92 Å². The molecule has 0 aromatic carbocycles. The lowest BCUT2D eigenvalue weighted by molar-refractivity contribution is 0.113. The first-order chi connectivity index (χ1) is 8.67. The van der Waals surface area contributed by atoms with E-state index >= 15 is 0 Å². The fourth-order valence-electron chi connectivity index (χ4n) is 1.78. The minimum absolute atomic E-state index is 0.298. The average Bonchev–Trinajstić information content (AvgIpc) is 2.74. The second-order valence-corrected chi connectivity index (χ2v) is 5.02. The molecule has 0 radical (unpaired) electrons. The third-order valence-corrected chi connectivity index (χ3v) is 2.74. The van der Waals surface area contributed by atoms with E-state index in [1.54, 1.807) is 6.33 Å². The highest BCUT2D eigenvalue weighted by molar-refractivity contribution is 4.89. The van der Waals surface area contributed by atoms with E-state index in [2.05, 4.69) is 36.2 Å². The maximum atomic E-state index is 5.59. The number of rotatable bonds is 9. The number of aromatic nitrogens is 3. The van der Waals surface area contributed by atoms with E-state index in [9.17, 15) is 0 Å². The predicted octanol–water partition coefficient (Wildman–Crippen LogP) is 1.49. The first-order valence-electron chi connectivity index (χ1n) is 6.79. The topological polar surface area (TPSA) is 52.0 Å². The van der Waals surface area contributed by atoms with Gasteiger partial charge in [-0.25, -0.2) is 9.67 Å². The van der Waals surface area contributed by atoms with Gasteiger partial charge >= 0.3 is 0 Å². The minimum atomic E-state index is 0.298. The lowest BCUT2D eigenvalue weighted by Crippen LogP contribution is -2.34. The van der Waals surface area contributed by atoms with Crippen LogP contribution in [0.2, 0.25) is 0 Å². The van der Waals surface area contributed by atoms with Gasteiger partial charge < -0.3 is 10.1 Å². The molecule has 0 aliphatic heterocycles. The summed E-state index contributed by atoms with van der Waals surface area (Å²) in [5, 5.41) is 7.55. The van der Waals surface area contributed by atoms with Crippen molar-refractivity contribution in [1.29, 1.82) is 0 Å². The Bertz CT molecular complexity index is 325. The summed E-state index contributed by atoms with van der Waals surface area (Å²) in [5.41, 5.74) is 0. The Morgan fingerprint density at radius 3 is 2.83 bits per heavy atom. The van der Waals surface area contributed by atoms with Crippen molar-refractivity contribution in [3.05, 3.63) is 12.2 Å². The molecule has 1 aromatic heterocycles. The van der Waals surface area contributed by atoms with Gasteiger partial charge in [-0.1, -0.05) is 20.8 Å². The SMILES string of the molecule is CCCOCC(Cc1ncnn1CC(C)C)NC. The number of nitrogens with zero attached hydrogens (tertiary/aromatic N) is 3. The Morgan fingerprint density at radius 2 is 2.22 bits per heavy atom. The number of ether oxygens (including phenoxy) is 1. The zero-order valence-corrected chi connectivity index (χ0v) is 12.0. The molecule has 1 atom stereocenters. The minimum Gasteiger partial charge on any atom is -0.380 e. The van der Waals surface area contributed by atoms with Gasteiger partial charge in [0, 0.05) is 25.6 Å². The lowest BCUT2D eigenvalue weighted by atomic mass is 10.2. The van der Waals surface area contributed by atoms with Crippen LogP contribution in [0, 0.1) is 5.92 Å². The van der Waals surface area contributed by atoms with E-state index in [-0.39, 0.29) is 0 Å². The second kappa shape index (κ2) is 8.21. The summed E-state index contributed by atoms with van der Waals surface area (Å²) in [6.07, 6.45) is 3.55. The van der Waals surface area contributed by atoms with Gasteiger partial charge in [-0.3, -0.25) is 0 Å². The Kier molecular flexibility index (Phi) is 6.90. The van der Waals surface area contributed by atoms with Crippen LogP contribution in [0.5, 0.6) is 0 Å². The van der Waals surface area contributed by atoms with Gasteiger partial charge in [0.1, 0.15) is 12.2 Å². The van der Waals surface area contributed by atoms with Crippen LogP contribution in [0.25, 0.3) is 0 Å². The zero-order chi connectivity index (χ0) is 13.4. The van der Waals surface area contributed by atoms with Crippen molar-refractivity contribution >= 4 is 0 Å². The number of likely N-dealkylation sites (N-methyl/N-ethyl adjacent to an activating group) is 1. The van der Waals surface area contributed by atoms with Crippen LogP contribution in [0.3, 0.4) is 0 Å². The third kappa shape index (κ3) is 5.14. The molecule has 18 heavy (non-hydrogen) atoms. The first kappa shape index (κ1) is 15.1. The number of nitrogens with one attached hydrogen (secondary N) is 1. The highest BCUT2D eigenvalue weighted by Gasteiger charge is 2.13. The number of hydrogen-bond donors (Lipinski definition) is 1. The molecule has 1 heterocycles. The van der Waals surface area contributed by atoms with Crippen molar-refractivity contribution in [2.75, 3.05) is 20.3 Å². The molecule has 104 valence electrons. The molecule has 0 amide bonds. The van der Waals surface area contributed by atoms with E-state index in [4.69, 9.17) is 4.74 Å². The van der Waals surface area contributed by atoms with Crippen LogP contribution < -0.4 is 5.32 Å². The summed E-state index contributed by atoms with van der Waals surface area (Å²) in [4.78, 5) is 4.34. The molecule has 0 saturated heterocycles. The van der Waals surface area contributed by atoms with Gasteiger partial charge in [-0.05, 0) is 19.4 Å². The molecular formula is C13H26N4O. The molecule has 1 N–H and O–H groups in total. The van der Waals surface area contributed by atoms with Gasteiger partial charge in [0.05, 0.1) is 6.61 Å². The normalized spacial score (nSPS) is 13.2. The second-order valence-electron chi connectivity index (χ2n) is 5.02. The lowest BCUT2D eigenvalue weighted by Gasteiger charge is -2.16. The van der Waals surface area contributed by atoms with Crippen LogP contribution in [-0.2, 0) is 17.7 Å². The first-order valence-corrected chi connectivity index (χ1v) is 6.79. The van der Waals surface area contributed by atoms with Crippen LogP contribution in [0.1, 0.15) is 33.0 Å². The maximum Gasteiger partial charge on any atom is 0.138 e. The smallest absolute Gasteiger partial charge is 0.138 e. The Hall–Kier alpha value is -0.940. The molecule has 1 rings (SSSR count). The quantitative estimate of drug-likeness (QED) is 0.678. The Morgan fingerprint density at radius 1 is 1.44 bits per heavy atom. The fraction of sp³-hybridized carbons (Fsp3) is 0.846. The van der Waals surface area contributed by atoms with E-state index in [0.29, 0.717) is 12.0 Å². The van der Waals surface area contributed by atoms with Gasteiger partial charge in [0.25, 0.3) is 0 Å². The summed E-state index contributed by atoms with van der Waals surface area (Å²) >= 11 is 0. The van der Waals surface area contributed by atoms with E-state index < -0.39 is 0 Å². The molecule has 0 aliphatic carbocycles. The standard InChI is InChI=1S/C13H26N4O/c1-5-6-18-9-12(14-4)7-13-15-10-16-17(13)8-11(2)3/h10-12,14H,5-9H2,1-4H3. The monoisotopic (exact) mass is 254 g/mol. The number of hydrogen-bond acceptors (Lipinski definition) is 4. The van der Waals surface area contributed by atoms with Crippen molar-refractivity contribution in [3.8, 4) is 0 Å². The summed E-state index contributed by atoms with van der Waals surface area (Å²) in [5.74, 6) is 1.61. The molecule has 0 fully saturated rings. The third-order valence-electron chi connectivity index (χ3n) is 2.74. The molecule has 0 bridgehead atoms. The van der Waals surface area contributed by atoms with Crippen molar-refractivity contribution < 1.29 is 4.74 Å². The Balaban J connectivity index is 2.50. The molecule has 5 nitrogen and oxygen atoms in total.